The van der Waals surface area contributed by atoms with Gasteiger partial charge in [-0.25, -0.2) is 0 Å². The molecule has 1 aliphatic heterocycles. The fourth-order valence-corrected chi connectivity index (χ4v) is 5.78. The van der Waals surface area contributed by atoms with E-state index in [1.807, 2.05) is 25.1 Å². The number of aromatic nitrogens is 3. The molecule has 30 heavy (non-hydrogen) atoms. The van der Waals surface area contributed by atoms with Crippen molar-refractivity contribution < 1.29 is 4.79 Å². The SMILES string of the molecule is CNC(=O)CC1=C(n2c(C)cnc(NCCc3ccccn3)c2=O)[CH]=[In][NH]1.Cl.Cl.Cl. The van der Waals surface area contributed by atoms with Crippen LogP contribution in [0.25, 0.3) is 5.70 Å². The zero-order valence-electron chi connectivity index (χ0n) is 16.5. The molecule has 2 aromatic rings. The molecule has 8 nitrogen and oxygen atoms in total. The molecule has 3 heterocycles. The summed E-state index contributed by atoms with van der Waals surface area (Å²) in [6, 6.07) is 5.76. The van der Waals surface area contributed by atoms with Gasteiger partial charge in [0.1, 0.15) is 0 Å². The molecule has 3 N–H and O–H groups in total. The van der Waals surface area contributed by atoms with Crippen molar-refractivity contribution in [3.8, 4) is 0 Å². The van der Waals surface area contributed by atoms with Crippen LogP contribution in [0.5, 0.6) is 0 Å². The number of anilines is 1. The summed E-state index contributed by atoms with van der Waals surface area (Å²) in [4.78, 5) is 33.3. The van der Waals surface area contributed by atoms with Gasteiger partial charge in [0.05, 0.1) is 0 Å². The van der Waals surface area contributed by atoms with E-state index in [9.17, 15) is 9.59 Å². The predicted molar refractivity (Wildman–Crippen MR) is 128 cm³/mol. The first-order valence-corrected chi connectivity index (χ1v) is 12.2. The molecule has 2 aromatic heterocycles. The molecule has 0 aliphatic carbocycles. The largest absolute Gasteiger partial charge is 0.147 e. The molecule has 0 fully saturated rings. The Morgan fingerprint density at radius 2 is 2.00 bits per heavy atom. The number of allylic oxidation sites excluding steroid dienone is 1. The van der Waals surface area contributed by atoms with Gasteiger partial charge in [-0.3, -0.25) is 0 Å². The molecule has 0 unspecified atom stereocenters. The van der Waals surface area contributed by atoms with Crippen LogP contribution in [-0.4, -0.2) is 60.5 Å². The summed E-state index contributed by atoms with van der Waals surface area (Å²) in [6.45, 7) is 2.41. The summed E-state index contributed by atoms with van der Waals surface area (Å²) >= 11 is -1.14. The van der Waals surface area contributed by atoms with E-state index in [0.29, 0.717) is 18.8 Å². The molecule has 162 valence electrons. The van der Waals surface area contributed by atoms with Gasteiger partial charge in [-0.2, -0.15) is 0 Å². The van der Waals surface area contributed by atoms with E-state index >= 15 is 0 Å². The maximum Gasteiger partial charge on any atom is -0.147 e. The topological polar surface area (TPSA) is 101 Å². The third kappa shape index (κ3) is 7.01. The van der Waals surface area contributed by atoms with Crippen molar-refractivity contribution >= 4 is 81.1 Å². The van der Waals surface area contributed by atoms with Crippen molar-refractivity contribution in [3.05, 3.63) is 58.0 Å². The number of pyridine rings is 1. The Hall–Kier alpha value is -1.55. The van der Waals surface area contributed by atoms with Crippen LogP contribution in [0.2, 0.25) is 0 Å². The molecule has 1 aliphatic rings. The first-order valence-electron chi connectivity index (χ1n) is 8.69. The van der Waals surface area contributed by atoms with Crippen LogP contribution in [0.3, 0.4) is 0 Å². The zero-order valence-corrected chi connectivity index (χ0v) is 22.3. The number of halogens is 3. The van der Waals surface area contributed by atoms with Crippen LogP contribution in [-0.2, 0) is 11.2 Å². The van der Waals surface area contributed by atoms with E-state index in [0.717, 1.165) is 22.8 Å². The molecule has 0 bridgehead atoms. The Morgan fingerprint density at radius 3 is 2.67 bits per heavy atom. The van der Waals surface area contributed by atoms with E-state index in [4.69, 9.17) is 0 Å². The molecular formula is C18H24Cl3InN6O2. The first-order chi connectivity index (χ1) is 13.1. The minimum Gasteiger partial charge on any atom is -0.147 e. The van der Waals surface area contributed by atoms with Gasteiger partial charge in [0, 0.05) is 0 Å². The smallest absolute Gasteiger partial charge is 0.147 e. The van der Waals surface area contributed by atoms with Crippen LogP contribution < -0.4 is 19.5 Å². The van der Waals surface area contributed by atoms with Crippen molar-refractivity contribution in [3.63, 3.8) is 0 Å². The second kappa shape index (κ2) is 13.7. The van der Waals surface area contributed by atoms with Crippen molar-refractivity contribution in [2.45, 2.75) is 19.8 Å². The minimum atomic E-state index is -1.14. The van der Waals surface area contributed by atoms with Gasteiger partial charge < -0.3 is 0 Å². The number of hydrogen-bond donors (Lipinski definition) is 3. The average molecular weight is 578 g/mol. The van der Waals surface area contributed by atoms with Crippen LogP contribution in [0, 0.1) is 6.92 Å². The molecule has 3 rings (SSSR count). The van der Waals surface area contributed by atoms with Crippen molar-refractivity contribution in [1.82, 2.24) is 23.2 Å². The molecule has 0 aromatic carbocycles. The first kappa shape index (κ1) is 28.5. The Morgan fingerprint density at radius 1 is 1.23 bits per heavy atom. The maximum atomic E-state index is 13.0. The molecule has 1 amide bonds. The van der Waals surface area contributed by atoms with E-state index in [1.165, 1.54) is 0 Å². The average Bonchev–Trinajstić information content (AvgIpc) is 3.12. The van der Waals surface area contributed by atoms with Gasteiger partial charge >= 0.3 is 169 Å². The molecular weight excluding hydrogens is 553 g/mol. The molecule has 0 atom stereocenters. The van der Waals surface area contributed by atoms with E-state index < -0.39 is 22.7 Å². The molecule has 0 spiro atoms. The quantitative estimate of drug-likeness (QED) is 0.458. The van der Waals surface area contributed by atoms with Crippen LogP contribution in [0.4, 0.5) is 5.82 Å². The summed E-state index contributed by atoms with van der Waals surface area (Å²) in [6.07, 6.45) is 4.37. The standard InChI is InChI=1S/C18H21N6O2.3ClH.In/c1-12-11-23-17(22-9-7-14-6-4-5-8-21-14)18(26)24(12)13(2)15(19)10-16(25)20-3;;;;/h2,4-6,8,11,19H,7,9-10H2,1,3H3,(H,20,25)(H,22,23);3*1H;/q-1;;;;+1. The number of carbonyl (C=O) groups is 1. The van der Waals surface area contributed by atoms with Crippen LogP contribution in [0.1, 0.15) is 17.8 Å². The molecule has 0 saturated carbocycles. The van der Waals surface area contributed by atoms with Gasteiger partial charge in [0.25, 0.3) is 0 Å². The number of amides is 1. The summed E-state index contributed by atoms with van der Waals surface area (Å²) in [5.41, 5.74) is 3.09. The van der Waals surface area contributed by atoms with Crippen molar-refractivity contribution in [1.29, 1.82) is 0 Å². The summed E-state index contributed by atoms with van der Waals surface area (Å²) in [5.74, 6) is 0.220. The van der Waals surface area contributed by atoms with E-state index in [-0.39, 0.29) is 55.1 Å². The number of carbonyl (C=O) groups excluding carboxylic acids is 1. The van der Waals surface area contributed by atoms with E-state index in [2.05, 4.69) is 27.7 Å². The number of nitrogens with zero attached hydrogens (tertiary/aromatic N) is 3. The van der Waals surface area contributed by atoms with Crippen LogP contribution in [0.15, 0.2) is 41.1 Å². The second-order valence-electron chi connectivity index (χ2n) is 6.08. The minimum absolute atomic E-state index is 0. The normalized spacial score (nSPS) is 11.3. The summed E-state index contributed by atoms with van der Waals surface area (Å²) < 4.78 is 7.09. The Kier molecular flexibility index (Phi) is 13.0. The van der Waals surface area contributed by atoms with Crippen molar-refractivity contribution in [2.24, 2.45) is 0 Å². The molecule has 0 radical (unpaired) electrons. The predicted octanol–water partition coefficient (Wildman–Crippen LogP) is 1.20. The third-order valence-corrected chi connectivity index (χ3v) is 7.05. The van der Waals surface area contributed by atoms with E-state index in [1.54, 1.807) is 24.0 Å². The summed E-state index contributed by atoms with van der Waals surface area (Å²) in [5, 5.41) is 5.74. The van der Waals surface area contributed by atoms with Gasteiger partial charge in [0.15, 0.2) is 0 Å². The van der Waals surface area contributed by atoms with Gasteiger partial charge in [0.2, 0.25) is 0 Å². The van der Waals surface area contributed by atoms with Crippen molar-refractivity contribution in [2.75, 3.05) is 18.9 Å². The summed E-state index contributed by atoms with van der Waals surface area (Å²) in [7, 11) is 1.61. The fraction of sp³-hybridized carbons (Fsp3) is 0.278. The molecule has 0 saturated heterocycles. The van der Waals surface area contributed by atoms with Gasteiger partial charge in [-0.15, -0.1) is 37.2 Å². The second-order valence-corrected chi connectivity index (χ2v) is 8.80. The van der Waals surface area contributed by atoms with Gasteiger partial charge in [-0.1, -0.05) is 0 Å². The zero-order chi connectivity index (χ0) is 19.2. The monoisotopic (exact) mass is 576 g/mol. The maximum absolute atomic E-state index is 13.0. The third-order valence-electron chi connectivity index (χ3n) is 4.20. The Bertz CT molecular complexity index is 966. The Labute approximate surface area is 204 Å². The fourth-order valence-electron chi connectivity index (χ4n) is 2.81. The Balaban J connectivity index is 0.00000280. The van der Waals surface area contributed by atoms with Crippen LogP contribution >= 0.6 is 37.2 Å². The number of rotatable bonds is 7. The molecule has 12 heteroatoms. The number of hydrogen-bond acceptors (Lipinski definition) is 6. The van der Waals surface area contributed by atoms with Gasteiger partial charge in [-0.05, 0) is 0 Å². The number of nitrogens with one attached hydrogen (secondary N) is 3. The number of aryl methyl sites for hydroxylation is 1.